The Kier molecular flexibility index (Phi) is 4.01. The smallest absolute Gasteiger partial charge is 0.271 e. The molecule has 124 valence electrons. The van der Waals surface area contributed by atoms with Crippen LogP contribution in [0.2, 0.25) is 0 Å². The van der Waals surface area contributed by atoms with Crippen molar-refractivity contribution >= 4 is 28.1 Å². The van der Waals surface area contributed by atoms with Crippen molar-refractivity contribution in [3.63, 3.8) is 0 Å². The largest absolute Gasteiger partial charge is 0.435 e. The third-order valence-electron chi connectivity index (χ3n) is 3.94. The molecule has 4 rings (SSSR count). The quantitative estimate of drug-likeness (QED) is 0.533. The molecule has 0 amide bonds. The minimum Gasteiger partial charge on any atom is -0.435 e. The van der Waals surface area contributed by atoms with Crippen LogP contribution in [0.5, 0.6) is 0 Å². The summed E-state index contributed by atoms with van der Waals surface area (Å²) in [6, 6.07) is 8.51. The van der Waals surface area contributed by atoms with Crippen LogP contribution in [0.4, 0.5) is 5.69 Å². The number of rotatable bonds is 4. The van der Waals surface area contributed by atoms with Crippen LogP contribution in [0, 0.1) is 10.1 Å². The van der Waals surface area contributed by atoms with Gasteiger partial charge in [-0.05, 0) is 18.2 Å². The second-order valence-corrected chi connectivity index (χ2v) is 6.75. The van der Waals surface area contributed by atoms with Crippen molar-refractivity contribution in [2.45, 2.75) is 6.54 Å². The molecule has 0 N–H and O–H groups in total. The SMILES string of the molecule is O=[N+]([O-])c1ccc2oc(-c3ccc(CN4CCOCC4)s3)nc2c1. The Labute approximate surface area is 141 Å². The third kappa shape index (κ3) is 3.03. The maximum absolute atomic E-state index is 10.8. The molecule has 24 heavy (non-hydrogen) atoms. The van der Waals surface area contributed by atoms with Crippen molar-refractivity contribution in [1.29, 1.82) is 0 Å². The summed E-state index contributed by atoms with van der Waals surface area (Å²) in [5, 5.41) is 10.8. The van der Waals surface area contributed by atoms with E-state index in [0.717, 1.165) is 37.7 Å². The number of thiophene rings is 1. The Morgan fingerprint density at radius 2 is 2.08 bits per heavy atom. The Balaban J connectivity index is 1.57. The molecule has 0 unspecified atom stereocenters. The topological polar surface area (TPSA) is 81.6 Å². The molecule has 8 heteroatoms. The van der Waals surface area contributed by atoms with Crippen LogP contribution in [0.1, 0.15) is 4.88 Å². The molecule has 1 aromatic carbocycles. The number of nitrogens with zero attached hydrogens (tertiary/aromatic N) is 3. The lowest BCUT2D eigenvalue weighted by Crippen LogP contribution is -2.35. The summed E-state index contributed by atoms with van der Waals surface area (Å²) in [7, 11) is 0. The molecular weight excluding hydrogens is 330 g/mol. The maximum atomic E-state index is 10.8. The fourth-order valence-corrected chi connectivity index (χ4v) is 3.67. The number of fused-ring (bicyclic) bond motifs is 1. The lowest BCUT2D eigenvalue weighted by atomic mass is 10.3. The van der Waals surface area contributed by atoms with Crippen LogP contribution >= 0.6 is 11.3 Å². The highest BCUT2D eigenvalue weighted by molar-refractivity contribution is 7.15. The van der Waals surface area contributed by atoms with Gasteiger partial charge >= 0.3 is 0 Å². The number of aromatic nitrogens is 1. The number of oxazole rings is 1. The minimum absolute atomic E-state index is 0.0153. The third-order valence-corrected chi connectivity index (χ3v) is 5.00. The van der Waals surface area contributed by atoms with Crippen molar-refractivity contribution in [2.75, 3.05) is 26.3 Å². The molecular formula is C16H15N3O4S. The molecule has 1 aliphatic rings. The summed E-state index contributed by atoms with van der Waals surface area (Å²) >= 11 is 1.63. The zero-order chi connectivity index (χ0) is 16.5. The lowest BCUT2D eigenvalue weighted by molar-refractivity contribution is -0.384. The highest BCUT2D eigenvalue weighted by Crippen LogP contribution is 2.32. The van der Waals surface area contributed by atoms with Crippen molar-refractivity contribution in [2.24, 2.45) is 0 Å². The predicted octanol–water partition coefficient (Wildman–Crippen LogP) is 3.30. The van der Waals surface area contributed by atoms with Crippen LogP contribution in [-0.4, -0.2) is 41.1 Å². The van der Waals surface area contributed by atoms with E-state index in [0.29, 0.717) is 17.0 Å². The number of hydrogen-bond donors (Lipinski definition) is 0. The average molecular weight is 345 g/mol. The second-order valence-electron chi connectivity index (χ2n) is 5.58. The number of non-ortho nitro benzene ring substituents is 1. The zero-order valence-electron chi connectivity index (χ0n) is 12.8. The number of nitro groups is 1. The molecule has 0 bridgehead atoms. The van der Waals surface area contributed by atoms with Gasteiger partial charge in [-0.3, -0.25) is 15.0 Å². The van der Waals surface area contributed by atoms with Gasteiger partial charge in [0.1, 0.15) is 5.52 Å². The number of hydrogen-bond acceptors (Lipinski definition) is 7. The molecule has 7 nitrogen and oxygen atoms in total. The molecule has 0 radical (unpaired) electrons. The fraction of sp³-hybridized carbons (Fsp3) is 0.312. The van der Waals surface area contributed by atoms with E-state index in [2.05, 4.69) is 16.0 Å². The highest BCUT2D eigenvalue weighted by Gasteiger charge is 2.16. The van der Waals surface area contributed by atoms with Crippen molar-refractivity contribution in [1.82, 2.24) is 9.88 Å². The average Bonchev–Trinajstić information content (AvgIpc) is 3.21. The summed E-state index contributed by atoms with van der Waals surface area (Å²) in [6.45, 7) is 4.34. The molecule has 2 aromatic heterocycles. The van der Waals surface area contributed by atoms with E-state index in [1.165, 1.54) is 17.0 Å². The first-order chi connectivity index (χ1) is 11.7. The van der Waals surface area contributed by atoms with Gasteiger partial charge in [-0.25, -0.2) is 4.98 Å². The van der Waals surface area contributed by atoms with E-state index in [-0.39, 0.29) is 5.69 Å². The number of nitro benzene ring substituents is 1. The van der Waals surface area contributed by atoms with Crippen LogP contribution in [-0.2, 0) is 11.3 Å². The van der Waals surface area contributed by atoms with Crippen molar-refractivity contribution < 1.29 is 14.1 Å². The standard InChI is InChI=1S/C16H15N3O4S/c20-19(21)11-1-3-14-13(9-11)17-16(23-14)15-4-2-12(24-15)10-18-5-7-22-8-6-18/h1-4,9H,5-8,10H2. The maximum Gasteiger partial charge on any atom is 0.271 e. The van der Waals surface area contributed by atoms with Gasteiger partial charge in [-0.1, -0.05) is 0 Å². The van der Waals surface area contributed by atoms with Gasteiger partial charge in [0.2, 0.25) is 5.89 Å². The molecule has 0 spiro atoms. The van der Waals surface area contributed by atoms with Crippen molar-refractivity contribution in [3.8, 4) is 10.8 Å². The minimum atomic E-state index is -0.431. The Morgan fingerprint density at radius 1 is 1.25 bits per heavy atom. The normalized spacial score (nSPS) is 15.8. The second kappa shape index (κ2) is 6.31. The number of morpholine rings is 1. The van der Waals surface area contributed by atoms with E-state index in [9.17, 15) is 10.1 Å². The summed E-state index contributed by atoms with van der Waals surface area (Å²) in [4.78, 5) is 19.3. The Bertz CT molecular complexity index is 882. The van der Waals surface area contributed by atoms with Gasteiger partial charge in [0.15, 0.2) is 5.58 Å². The van der Waals surface area contributed by atoms with Crippen molar-refractivity contribution in [3.05, 3.63) is 45.3 Å². The van der Waals surface area contributed by atoms with E-state index in [4.69, 9.17) is 9.15 Å². The van der Waals surface area contributed by atoms with Crippen LogP contribution in [0.15, 0.2) is 34.7 Å². The van der Waals surface area contributed by atoms with Gasteiger partial charge in [-0.2, -0.15) is 0 Å². The summed E-state index contributed by atoms with van der Waals surface area (Å²) in [6.07, 6.45) is 0. The molecule has 1 saturated heterocycles. The zero-order valence-corrected chi connectivity index (χ0v) is 13.6. The van der Waals surface area contributed by atoms with E-state index in [1.54, 1.807) is 17.4 Å². The first-order valence-corrected chi connectivity index (χ1v) is 8.45. The summed E-state index contributed by atoms with van der Waals surface area (Å²) in [5.74, 6) is 0.503. The lowest BCUT2D eigenvalue weighted by Gasteiger charge is -2.25. The van der Waals surface area contributed by atoms with Crippen LogP contribution in [0.3, 0.4) is 0 Å². The first kappa shape index (κ1) is 15.3. The molecule has 0 atom stereocenters. The van der Waals surface area contributed by atoms with E-state index < -0.39 is 4.92 Å². The summed E-state index contributed by atoms with van der Waals surface area (Å²) in [5.41, 5.74) is 1.07. The molecule has 0 saturated carbocycles. The van der Waals surface area contributed by atoms with E-state index in [1.807, 2.05) is 6.07 Å². The monoisotopic (exact) mass is 345 g/mol. The van der Waals surface area contributed by atoms with Gasteiger partial charge in [-0.15, -0.1) is 11.3 Å². The molecule has 3 aromatic rings. The first-order valence-electron chi connectivity index (χ1n) is 7.63. The molecule has 1 aliphatic heterocycles. The number of ether oxygens (including phenoxy) is 1. The highest BCUT2D eigenvalue weighted by atomic mass is 32.1. The van der Waals surface area contributed by atoms with Gasteiger partial charge in [0.05, 0.1) is 23.0 Å². The van der Waals surface area contributed by atoms with E-state index >= 15 is 0 Å². The fourth-order valence-electron chi connectivity index (χ4n) is 2.69. The van der Waals surface area contributed by atoms with Gasteiger partial charge in [0, 0.05) is 36.6 Å². The summed E-state index contributed by atoms with van der Waals surface area (Å²) < 4.78 is 11.1. The molecule has 1 fully saturated rings. The predicted molar refractivity (Wildman–Crippen MR) is 90.1 cm³/mol. The van der Waals surface area contributed by atoms with Gasteiger partial charge in [0.25, 0.3) is 5.69 Å². The van der Waals surface area contributed by atoms with Crippen LogP contribution in [0.25, 0.3) is 21.9 Å². The molecule has 0 aliphatic carbocycles. The molecule has 3 heterocycles. The van der Waals surface area contributed by atoms with Crippen LogP contribution < -0.4 is 0 Å². The van der Waals surface area contributed by atoms with Gasteiger partial charge < -0.3 is 9.15 Å². The Hall–Kier alpha value is -2.29. The number of benzene rings is 1. The Morgan fingerprint density at radius 3 is 2.88 bits per heavy atom.